The Balaban J connectivity index is 3.00. The Morgan fingerprint density at radius 2 is 0.909 bits per heavy atom. The zero-order valence-corrected chi connectivity index (χ0v) is 15.9. The second-order valence-electron chi connectivity index (χ2n) is 7.09. The number of rotatable bonds is 17. The minimum absolute atomic E-state index is 1.25. The predicted molar refractivity (Wildman–Crippen MR) is 102 cm³/mol. The summed E-state index contributed by atoms with van der Waals surface area (Å²) in [5.74, 6) is 0. The first-order valence-corrected chi connectivity index (χ1v) is 10.1. The molecule has 0 aromatic rings. The van der Waals surface area contributed by atoms with Gasteiger partial charge in [-0.2, -0.15) is 0 Å². The first-order valence-electron chi connectivity index (χ1n) is 10.1. The molecule has 1 heteroatoms. The Morgan fingerprint density at radius 3 is 1.27 bits per heavy atom. The molecular formula is C21H43N. The molecule has 132 valence electrons. The molecule has 0 aromatic heterocycles. The number of unbranched alkanes of at least 4 members (excludes halogenated alkanes) is 15. The van der Waals surface area contributed by atoms with Gasteiger partial charge >= 0.3 is 0 Å². The summed E-state index contributed by atoms with van der Waals surface area (Å²) in [6.07, 6.45) is 27.4. The minimum Gasteiger partial charge on any atom is -0.384 e. The van der Waals surface area contributed by atoms with Crippen molar-refractivity contribution >= 4 is 0 Å². The zero-order valence-electron chi connectivity index (χ0n) is 15.9. The molecule has 0 radical (unpaired) electrons. The average molecular weight is 310 g/mol. The molecule has 0 heterocycles. The van der Waals surface area contributed by atoms with E-state index in [1.165, 1.54) is 103 Å². The van der Waals surface area contributed by atoms with Gasteiger partial charge in [-0.15, -0.1) is 0 Å². The van der Waals surface area contributed by atoms with Gasteiger partial charge < -0.3 is 4.90 Å². The first-order chi connectivity index (χ1) is 10.8. The first kappa shape index (κ1) is 21.5. The quantitative estimate of drug-likeness (QED) is 0.254. The second kappa shape index (κ2) is 18.6. The van der Waals surface area contributed by atoms with Crippen molar-refractivity contribution in [1.82, 2.24) is 4.90 Å². The third-order valence-electron chi connectivity index (χ3n) is 4.38. The average Bonchev–Trinajstić information content (AvgIpc) is 2.50. The summed E-state index contributed by atoms with van der Waals surface area (Å²) < 4.78 is 0. The van der Waals surface area contributed by atoms with Crippen LogP contribution in [0.4, 0.5) is 0 Å². The standard InChI is InChI=1S/C21H43N/c1-4-5-6-7-8-9-10-11-12-13-14-15-16-17-18-19-20-21-22(2)3/h20-21H,4-19H2,1-3H3/b21-20+. The number of hydrogen-bond donors (Lipinski definition) is 0. The van der Waals surface area contributed by atoms with Crippen molar-refractivity contribution in [1.29, 1.82) is 0 Å². The van der Waals surface area contributed by atoms with Crippen LogP contribution in [0.1, 0.15) is 110 Å². The number of hydrogen-bond acceptors (Lipinski definition) is 1. The van der Waals surface area contributed by atoms with E-state index in [-0.39, 0.29) is 0 Å². The van der Waals surface area contributed by atoms with Gasteiger partial charge in [-0.3, -0.25) is 0 Å². The molecule has 22 heavy (non-hydrogen) atoms. The van der Waals surface area contributed by atoms with Crippen molar-refractivity contribution in [3.63, 3.8) is 0 Å². The van der Waals surface area contributed by atoms with E-state index in [2.05, 4.69) is 38.2 Å². The van der Waals surface area contributed by atoms with Crippen LogP contribution in [0.25, 0.3) is 0 Å². The van der Waals surface area contributed by atoms with Crippen LogP contribution in [0.3, 0.4) is 0 Å². The number of nitrogens with zero attached hydrogens (tertiary/aromatic N) is 1. The lowest BCUT2D eigenvalue weighted by molar-refractivity contribution is 0.531. The highest BCUT2D eigenvalue weighted by Crippen LogP contribution is 2.13. The Labute approximate surface area is 141 Å². The predicted octanol–water partition coefficient (Wildman–Crippen LogP) is 7.32. The molecule has 0 spiro atoms. The summed E-state index contributed by atoms with van der Waals surface area (Å²) in [4.78, 5) is 2.12. The summed E-state index contributed by atoms with van der Waals surface area (Å²) in [6, 6.07) is 0. The maximum atomic E-state index is 2.29. The van der Waals surface area contributed by atoms with E-state index < -0.39 is 0 Å². The van der Waals surface area contributed by atoms with E-state index in [1.54, 1.807) is 0 Å². The van der Waals surface area contributed by atoms with Crippen LogP contribution < -0.4 is 0 Å². The van der Waals surface area contributed by atoms with Crippen molar-refractivity contribution in [2.24, 2.45) is 0 Å². The van der Waals surface area contributed by atoms with Crippen LogP contribution in [0, 0.1) is 0 Å². The molecule has 0 bridgehead atoms. The topological polar surface area (TPSA) is 3.24 Å². The zero-order chi connectivity index (χ0) is 16.3. The number of allylic oxidation sites excluding steroid dienone is 1. The minimum atomic E-state index is 1.25. The van der Waals surface area contributed by atoms with E-state index >= 15 is 0 Å². The summed E-state index contributed by atoms with van der Waals surface area (Å²) >= 11 is 0. The Bertz CT molecular complexity index is 220. The highest BCUT2D eigenvalue weighted by Gasteiger charge is 1.94. The summed E-state index contributed by atoms with van der Waals surface area (Å²) in [6.45, 7) is 2.29. The fraction of sp³-hybridized carbons (Fsp3) is 0.905. The monoisotopic (exact) mass is 309 g/mol. The smallest absolute Gasteiger partial charge is 0.00555 e. The van der Waals surface area contributed by atoms with Gasteiger partial charge in [0.1, 0.15) is 0 Å². The Kier molecular flexibility index (Phi) is 18.2. The molecule has 0 aliphatic rings. The van der Waals surface area contributed by atoms with Gasteiger partial charge in [0, 0.05) is 14.1 Å². The molecule has 0 amide bonds. The molecule has 0 unspecified atom stereocenters. The SMILES string of the molecule is CCCCCCCCCCCCCCCCC/C=C/N(C)C. The van der Waals surface area contributed by atoms with E-state index in [4.69, 9.17) is 0 Å². The van der Waals surface area contributed by atoms with Crippen LogP contribution in [0.2, 0.25) is 0 Å². The largest absolute Gasteiger partial charge is 0.384 e. The van der Waals surface area contributed by atoms with Crippen LogP contribution in [0.15, 0.2) is 12.3 Å². The fourth-order valence-electron chi connectivity index (χ4n) is 2.92. The Hall–Kier alpha value is -0.460. The highest BCUT2D eigenvalue weighted by molar-refractivity contribution is 4.78. The van der Waals surface area contributed by atoms with Gasteiger partial charge in [0.2, 0.25) is 0 Å². The maximum absolute atomic E-state index is 2.29. The van der Waals surface area contributed by atoms with E-state index in [0.717, 1.165) is 0 Å². The molecule has 0 aromatic carbocycles. The molecule has 1 nitrogen and oxygen atoms in total. The van der Waals surface area contributed by atoms with Gasteiger partial charge in [-0.05, 0) is 19.0 Å². The van der Waals surface area contributed by atoms with Crippen molar-refractivity contribution < 1.29 is 0 Å². The lowest BCUT2D eigenvalue weighted by atomic mass is 10.0. The van der Waals surface area contributed by atoms with Crippen LogP contribution in [0.5, 0.6) is 0 Å². The molecule has 0 atom stereocenters. The summed E-state index contributed by atoms with van der Waals surface area (Å²) in [5.41, 5.74) is 0. The third kappa shape index (κ3) is 19.5. The van der Waals surface area contributed by atoms with Gasteiger partial charge in [-0.25, -0.2) is 0 Å². The molecule has 0 rings (SSSR count). The molecular weight excluding hydrogens is 266 g/mol. The van der Waals surface area contributed by atoms with Gasteiger partial charge in [0.25, 0.3) is 0 Å². The molecule has 0 aliphatic carbocycles. The van der Waals surface area contributed by atoms with Gasteiger partial charge in [0.15, 0.2) is 0 Å². The van der Waals surface area contributed by atoms with E-state index in [1.807, 2.05) is 0 Å². The molecule has 0 saturated carbocycles. The molecule has 0 N–H and O–H groups in total. The summed E-state index contributed by atoms with van der Waals surface area (Å²) in [7, 11) is 4.17. The summed E-state index contributed by atoms with van der Waals surface area (Å²) in [5, 5.41) is 0. The van der Waals surface area contributed by atoms with Crippen LogP contribution in [-0.2, 0) is 0 Å². The van der Waals surface area contributed by atoms with Crippen LogP contribution in [-0.4, -0.2) is 19.0 Å². The maximum Gasteiger partial charge on any atom is 0.00555 e. The highest BCUT2D eigenvalue weighted by atomic mass is 15.0. The third-order valence-corrected chi connectivity index (χ3v) is 4.38. The second-order valence-corrected chi connectivity index (χ2v) is 7.09. The van der Waals surface area contributed by atoms with Crippen molar-refractivity contribution in [3.05, 3.63) is 12.3 Å². The van der Waals surface area contributed by atoms with Crippen LogP contribution >= 0.6 is 0 Å². The van der Waals surface area contributed by atoms with Gasteiger partial charge in [0.05, 0.1) is 0 Å². The van der Waals surface area contributed by atoms with Crippen molar-refractivity contribution in [3.8, 4) is 0 Å². The molecule has 0 aliphatic heterocycles. The lowest BCUT2D eigenvalue weighted by Gasteiger charge is -2.04. The van der Waals surface area contributed by atoms with E-state index in [0.29, 0.717) is 0 Å². The van der Waals surface area contributed by atoms with Crippen molar-refractivity contribution in [2.45, 2.75) is 110 Å². The Morgan fingerprint density at radius 1 is 0.545 bits per heavy atom. The van der Waals surface area contributed by atoms with Crippen molar-refractivity contribution in [2.75, 3.05) is 14.1 Å². The lowest BCUT2D eigenvalue weighted by Crippen LogP contribution is -1.99. The van der Waals surface area contributed by atoms with Gasteiger partial charge in [-0.1, -0.05) is 103 Å². The molecule has 0 saturated heterocycles. The van der Waals surface area contributed by atoms with E-state index in [9.17, 15) is 0 Å². The molecule has 0 fully saturated rings. The normalized spacial score (nSPS) is 11.4. The fourth-order valence-corrected chi connectivity index (χ4v) is 2.92.